The average Bonchev–Trinajstić information content (AvgIpc) is 3.13. The summed E-state index contributed by atoms with van der Waals surface area (Å²) in [6.07, 6.45) is 2.36. The topological polar surface area (TPSA) is 47.6 Å². The average molecular weight is 393 g/mol. The van der Waals surface area contributed by atoms with E-state index >= 15 is 0 Å². The predicted molar refractivity (Wildman–Crippen MR) is 101 cm³/mol. The van der Waals surface area contributed by atoms with Gasteiger partial charge in [0.2, 0.25) is 5.91 Å². The van der Waals surface area contributed by atoms with Crippen LogP contribution in [-0.2, 0) is 14.3 Å². The van der Waals surface area contributed by atoms with Crippen molar-refractivity contribution in [1.82, 2.24) is 5.32 Å². The third-order valence-electron chi connectivity index (χ3n) is 7.63. The van der Waals surface area contributed by atoms with Gasteiger partial charge in [0.15, 0.2) is 0 Å². The largest absolute Gasteiger partial charge is 0.384 e. The van der Waals surface area contributed by atoms with Crippen molar-refractivity contribution in [1.29, 1.82) is 0 Å². The van der Waals surface area contributed by atoms with Gasteiger partial charge in [0, 0.05) is 26.2 Å². The molecule has 4 rings (SSSR count). The second-order valence-corrected chi connectivity index (χ2v) is 9.22. The Labute approximate surface area is 165 Å². The lowest BCUT2D eigenvalue weighted by Gasteiger charge is -2.53. The van der Waals surface area contributed by atoms with Crippen LogP contribution in [0.25, 0.3) is 0 Å². The van der Waals surface area contributed by atoms with E-state index in [1.807, 2.05) is 0 Å². The zero-order chi connectivity index (χ0) is 20.1. The van der Waals surface area contributed by atoms with Crippen molar-refractivity contribution in [2.24, 2.45) is 22.7 Å². The highest BCUT2D eigenvalue weighted by Crippen LogP contribution is 2.70. The van der Waals surface area contributed by atoms with Crippen LogP contribution < -0.4 is 5.32 Å². The molecule has 2 bridgehead atoms. The maximum absolute atomic E-state index is 14.5. The molecule has 1 amide bonds. The van der Waals surface area contributed by atoms with Gasteiger partial charge in [-0.2, -0.15) is 0 Å². The molecule has 1 spiro atoms. The van der Waals surface area contributed by atoms with Crippen LogP contribution in [0.2, 0.25) is 0 Å². The number of carbonyl (C=O) groups is 1. The predicted octanol–water partition coefficient (Wildman–Crippen LogP) is 4.00. The molecule has 154 valence electrons. The standard InChI is InChI=1S/C22H29F2NO3/c1-21(2)13-11-14-19(18-15(23)5-4-6-16(18)24)28-10-8-22(14,12-13)20(21)25-17(26)7-9-27-3/h4-6,13-14,19-20H,7-12H2,1-3H3,(H,25,26)/t13-,14-,19+,20+,22?/m1/s1. The van der Waals surface area contributed by atoms with Gasteiger partial charge in [0.25, 0.3) is 0 Å². The molecule has 1 unspecified atom stereocenters. The molecule has 1 N–H and O–H groups in total. The van der Waals surface area contributed by atoms with E-state index in [4.69, 9.17) is 9.47 Å². The van der Waals surface area contributed by atoms with Gasteiger partial charge in [-0.1, -0.05) is 19.9 Å². The number of halogens is 2. The minimum absolute atomic E-state index is 0.00148. The Morgan fingerprint density at radius 2 is 2.04 bits per heavy atom. The number of amides is 1. The fourth-order valence-electron chi connectivity index (χ4n) is 6.28. The molecule has 28 heavy (non-hydrogen) atoms. The molecule has 2 aliphatic carbocycles. The van der Waals surface area contributed by atoms with Gasteiger partial charge in [-0.05, 0) is 54.1 Å². The molecule has 0 aromatic heterocycles. The maximum atomic E-state index is 14.5. The maximum Gasteiger partial charge on any atom is 0.222 e. The molecule has 1 saturated heterocycles. The number of nitrogens with one attached hydrogen (secondary N) is 1. The Morgan fingerprint density at radius 3 is 2.71 bits per heavy atom. The summed E-state index contributed by atoms with van der Waals surface area (Å²) >= 11 is 0. The second kappa shape index (κ2) is 7.06. The summed E-state index contributed by atoms with van der Waals surface area (Å²) in [4.78, 5) is 12.5. The van der Waals surface area contributed by atoms with Gasteiger partial charge in [-0.3, -0.25) is 4.79 Å². The number of ether oxygens (including phenoxy) is 2. The lowest BCUT2D eigenvalue weighted by molar-refractivity contribution is -0.138. The number of methoxy groups -OCH3 is 1. The lowest BCUT2D eigenvalue weighted by atomic mass is 9.58. The fourth-order valence-corrected chi connectivity index (χ4v) is 6.28. The number of rotatable bonds is 5. The molecular formula is C22H29F2NO3. The van der Waals surface area contributed by atoms with Crippen LogP contribution in [-0.4, -0.2) is 32.3 Å². The Hall–Kier alpha value is -1.53. The quantitative estimate of drug-likeness (QED) is 0.823. The first kappa shape index (κ1) is 19.8. The molecule has 5 atom stereocenters. The number of benzene rings is 1. The fraction of sp³-hybridized carbons (Fsp3) is 0.682. The highest BCUT2D eigenvalue weighted by molar-refractivity contribution is 5.76. The normalized spacial score (nSPS) is 35.6. The number of fused-ring (bicyclic) bond motifs is 1. The zero-order valence-corrected chi connectivity index (χ0v) is 16.8. The van der Waals surface area contributed by atoms with Crippen LogP contribution in [0.4, 0.5) is 8.78 Å². The van der Waals surface area contributed by atoms with E-state index in [1.165, 1.54) is 18.2 Å². The highest BCUT2D eigenvalue weighted by atomic mass is 19.1. The molecular weight excluding hydrogens is 364 g/mol. The van der Waals surface area contributed by atoms with Crippen LogP contribution in [0.5, 0.6) is 0 Å². The Bertz CT molecular complexity index is 748. The van der Waals surface area contributed by atoms with Gasteiger partial charge in [0.05, 0.1) is 18.3 Å². The van der Waals surface area contributed by atoms with Gasteiger partial charge >= 0.3 is 0 Å². The first-order valence-electron chi connectivity index (χ1n) is 10.1. The molecule has 0 radical (unpaired) electrons. The Balaban J connectivity index is 1.67. The zero-order valence-electron chi connectivity index (χ0n) is 16.8. The third kappa shape index (κ3) is 2.88. The first-order chi connectivity index (χ1) is 13.3. The van der Waals surface area contributed by atoms with E-state index < -0.39 is 17.7 Å². The smallest absolute Gasteiger partial charge is 0.222 e. The van der Waals surface area contributed by atoms with E-state index in [0.717, 1.165) is 19.3 Å². The Morgan fingerprint density at radius 1 is 1.32 bits per heavy atom. The minimum Gasteiger partial charge on any atom is -0.384 e. The van der Waals surface area contributed by atoms with E-state index in [-0.39, 0.29) is 34.3 Å². The molecule has 1 aliphatic heterocycles. The summed E-state index contributed by atoms with van der Waals surface area (Å²) < 4.78 is 40.0. The van der Waals surface area contributed by atoms with Crippen LogP contribution in [0, 0.1) is 34.3 Å². The van der Waals surface area contributed by atoms with Crippen LogP contribution in [0.15, 0.2) is 18.2 Å². The van der Waals surface area contributed by atoms with E-state index in [1.54, 1.807) is 7.11 Å². The van der Waals surface area contributed by atoms with Crippen molar-refractivity contribution in [2.75, 3.05) is 20.3 Å². The minimum atomic E-state index is -0.602. The van der Waals surface area contributed by atoms with E-state index in [9.17, 15) is 13.6 Å². The van der Waals surface area contributed by atoms with Gasteiger partial charge in [-0.15, -0.1) is 0 Å². The molecule has 1 heterocycles. The lowest BCUT2D eigenvalue weighted by Crippen LogP contribution is -2.59. The van der Waals surface area contributed by atoms with E-state index in [0.29, 0.717) is 25.6 Å². The summed E-state index contributed by atoms with van der Waals surface area (Å²) in [5.74, 6) is -0.738. The molecule has 3 fully saturated rings. The van der Waals surface area contributed by atoms with Crippen molar-refractivity contribution >= 4 is 5.91 Å². The SMILES string of the molecule is COCCC(=O)N[C@H]1C(C)(C)[C@@H]2C[C@@H]3[C@@H](c4c(F)cccc4F)OCCC31C2. The van der Waals surface area contributed by atoms with Crippen molar-refractivity contribution in [3.05, 3.63) is 35.4 Å². The van der Waals surface area contributed by atoms with Gasteiger partial charge in [-0.25, -0.2) is 8.78 Å². The van der Waals surface area contributed by atoms with Gasteiger partial charge < -0.3 is 14.8 Å². The highest BCUT2D eigenvalue weighted by Gasteiger charge is 2.68. The van der Waals surface area contributed by atoms with Crippen molar-refractivity contribution in [3.8, 4) is 0 Å². The summed E-state index contributed by atoms with van der Waals surface area (Å²) in [5.41, 5.74) is -0.204. The molecule has 3 aliphatic rings. The van der Waals surface area contributed by atoms with Crippen molar-refractivity contribution in [2.45, 2.75) is 51.7 Å². The summed E-state index contributed by atoms with van der Waals surface area (Å²) in [5, 5.41) is 3.26. The first-order valence-corrected chi connectivity index (χ1v) is 10.1. The number of hydrogen-bond acceptors (Lipinski definition) is 3. The third-order valence-corrected chi connectivity index (χ3v) is 7.63. The molecule has 6 heteroatoms. The molecule has 4 nitrogen and oxygen atoms in total. The Kier molecular flexibility index (Phi) is 4.99. The van der Waals surface area contributed by atoms with Crippen molar-refractivity contribution < 1.29 is 23.0 Å². The van der Waals surface area contributed by atoms with Crippen LogP contribution >= 0.6 is 0 Å². The van der Waals surface area contributed by atoms with Crippen molar-refractivity contribution in [3.63, 3.8) is 0 Å². The van der Waals surface area contributed by atoms with E-state index in [2.05, 4.69) is 19.2 Å². The summed E-state index contributed by atoms with van der Waals surface area (Å²) in [6.45, 7) is 5.24. The molecule has 1 aromatic rings. The molecule has 1 aromatic carbocycles. The van der Waals surface area contributed by atoms with Gasteiger partial charge in [0.1, 0.15) is 11.6 Å². The monoisotopic (exact) mass is 393 g/mol. The number of carbonyl (C=O) groups excluding carboxylic acids is 1. The summed E-state index contributed by atoms with van der Waals surface area (Å²) in [6, 6.07) is 3.94. The number of hydrogen-bond donors (Lipinski definition) is 1. The summed E-state index contributed by atoms with van der Waals surface area (Å²) in [7, 11) is 1.58. The second-order valence-electron chi connectivity index (χ2n) is 9.22. The molecule has 2 saturated carbocycles. The van der Waals surface area contributed by atoms with Crippen LogP contribution in [0.1, 0.15) is 51.2 Å². The van der Waals surface area contributed by atoms with Crippen LogP contribution in [0.3, 0.4) is 0 Å².